The molecule has 1 aromatic rings. The van der Waals surface area contributed by atoms with Crippen LogP contribution in [-0.2, 0) is 14.6 Å². The van der Waals surface area contributed by atoms with Crippen molar-refractivity contribution in [2.45, 2.75) is 31.6 Å². The van der Waals surface area contributed by atoms with E-state index in [0.717, 1.165) is 6.26 Å². The summed E-state index contributed by atoms with van der Waals surface area (Å²) >= 11 is 0. The molecule has 7 nitrogen and oxygen atoms in total. The van der Waals surface area contributed by atoms with Crippen LogP contribution in [0.4, 0.5) is 0 Å². The van der Waals surface area contributed by atoms with Gasteiger partial charge in [-0.1, -0.05) is 0 Å². The van der Waals surface area contributed by atoms with E-state index in [1.165, 1.54) is 20.2 Å². The van der Waals surface area contributed by atoms with Gasteiger partial charge in [0, 0.05) is 6.26 Å². The molecule has 0 bridgehead atoms. The Hall–Kier alpha value is -1.44. The molecule has 2 N–H and O–H groups in total. The molecule has 0 fully saturated rings. The normalized spacial score (nSPS) is 14.4. The monoisotopic (exact) mass is 260 g/mol. The number of sulfone groups is 1. The second kappa shape index (κ2) is 4.44. The summed E-state index contributed by atoms with van der Waals surface area (Å²) in [5.74, 6) is -0.0912. The lowest BCUT2D eigenvalue weighted by Gasteiger charge is -2.23. The number of aromatic amines is 1. The van der Waals surface area contributed by atoms with Crippen molar-refractivity contribution in [2.24, 2.45) is 0 Å². The number of rotatable bonds is 4. The molecule has 17 heavy (non-hydrogen) atoms. The van der Waals surface area contributed by atoms with E-state index >= 15 is 0 Å². The Morgan fingerprint density at radius 1 is 1.53 bits per heavy atom. The van der Waals surface area contributed by atoms with Gasteiger partial charge >= 0.3 is 0 Å². The van der Waals surface area contributed by atoms with Gasteiger partial charge in [-0.25, -0.2) is 13.4 Å². The van der Waals surface area contributed by atoms with E-state index in [0.29, 0.717) is 5.82 Å². The zero-order valence-corrected chi connectivity index (χ0v) is 11.0. The number of aromatic nitrogens is 3. The fraction of sp³-hybridized carbons (Fsp3) is 0.667. The number of nitrogens with one attached hydrogen (secondary N) is 2. The van der Waals surface area contributed by atoms with Gasteiger partial charge in [-0.05, 0) is 20.8 Å². The molecular weight excluding hydrogens is 244 g/mol. The van der Waals surface area contributed by atoms with Crippen molar-refractivity contribution in [1.29, 1.82) is 0 Å². The van der Waals surface area contributed by atoms with Gasteiger partial charge in [0.05, 0.1) is 6.04 Å². The lowest BCUT2D eigenvalue weighted by atomic mass is 10.1. The molecular formula is C9H16N4O3S. The number of carbonyl (C=O) groups is 1. The first-order valence-corrected chi connectivity index (χ1v) is 6.91. The number of hydrogen-bond acceptors (Lipinski definition) is 5. The zero-order chi connectivity index (χ0) is 13.3. The van der Waals surface area contributed by atoms with Crippen molar-refractivity contribution < 1.29 is 13.2 Å². The summed E-state index contributed by atoms with van der Waals surface area (Å²) in [6.45, 7) is 4.42. The third-order valence-electron chi connectivity index (χ3n) is 2.67. The quantitative estimate of drug-likeness (QED) is 0.780. The van der Waals surface area contributed by atoms with Gasteiger partial charge in [-0.3, -0.25) is 9.89 Å². The van der Waals surface area contributed by atoms with Crippen LogP contribution in [0.5, 0.6) is 0 Å². The fourth-order valence-electron chi connectivity index (χ4n) is 1.03. The van der Waals surface area contributed by atoms with E-state index in [-0.39, 0.29) is 0 Å². The van der Waals surface area contributed by atoms with Gasteiger partial charge in [-0.15, -0.1) is 0 Å². The maximum Gasteiger partial charge on any atom is 0.241 e. The molecule has 0 aliphatic rings. The predicted molar refractivity (Wildman–Crippen MR) is 61.9 cm³/mol. The molecule has 1 aromatic heterocycles. The summed E-state index contributed by atoms with van der Waals surface area (Å²) in [6.07, 6.45) is 2.35. The SMILES string of the molecule is CC(NC(=O)C(C)(C)S(C)(=O)=O)c1ncn[nH]1. The number of carbonyl (C=O) groups excluding carboxylic acids is 1. The Balaban J connectivity index is 2.80. The van der Waals surface area contributed by atoms with Gasteiger partial charge < -0.3 is 5.32 Å². The molecule has 8 heteroatoms. The maximum atomic E-state index is 11.9. The Labute approximate surface area is 99.9 Å². The molecule has 0 spiro atoms. The molecule has 1 atom stereocenters. The topological polar surface area (TPSA) is 105 Å². The maximum absolute atomic E-state index is 11.9. The molecule has 1 unspecified atom stereocenters. The molecule has 96 valence electrons. The average molecular weight is 260 g/mol. The molecule has 0 saturated carbocycles. The van der Waals surface area contributed by atoms with Crippen LogP contribution in [0.15, 0.2) is 6.33 Å². The summed E-state index contributed by atoms with van der Waals surface area (Å²) < 4.78 is 21.5. The van der Waals surface area contributed by atoms with Gasteiger partial charge in [0.15, 0.2) is 9.84 Å². The molecule has 0 aliphatic heterocycles. The lowest BCUT2D eigenvalue weighted by molar-refractivity contribution is -0.123. The van der Waals surface area contributed by atoms with Gasteiger partial charge in [0.2, 0.25) is 5.91 Å². The Morgan fingerprint density at radius 3 is 2.53 bits per heavy atom. The Morgan fingerprint density at radius 2 is 2.12 bits per heavy atom. The van der Waals surface area contributed by atoms with Crippen LogP contribution < -0.4 is 5.32 Å². The average Bonchev–Trinajstić information content (AvgIpc) is 2.68. The van der Waals surface area contributed by atoms with Crippen LogP contribution in [0.3, 0.4) is 0 Å². The van der Waals surface area contributed by atoms with E-state index in [4.69, 9.17) is 0 Å². The van der Waals surface area contributed by atoms with Crippen molar-refractivity contribution in [3.05, 3.63) is 12.2 Å². The van der Waals surface area contributed by atoms with Crippen LogP contribution in [0.1, 0.15) is 32.6 Å². The number of H-pyrrole nitrogens is 1. The van der Waals surface area contributed by atoms with Crippen LogP contribution in [0, 0.1) is 0 Å². The van der Waals surface area contributed by atoms with Gasteiger partial charge in [0.25, 0.3) is 0 Å². The highest BCUT2D eigenvalue weighted by atomic mass is 32.2. The van der Waals surface area contributed by atoms with E-state index in [1.807, 2.05) is 0 Å². The van der Waals surface area contributed by atoms with E-state index < -0.39 is 26.5 Å². The lowest BCUT2D eigenvalue weighted by Crippen LogP contribution is -2.48. The van der Waals surface area contributed by atoms with E-state index in [9.17, 15) is 13.2 Å². The van der Waals surface area contributed by atoms with Crippen LogP contribution in [0.2, 0.25) is 0 Å². The second-order valence-corrected chi connectivity index (χ2v) is 6.91. The number of nitrogens with zero attached hydrogens (tertiary/aromatic N) is 2. The van der Waals surface area contributed by atoms with Crippen LogP contribution in [0.25, 0.3) is 0 Å². The van der Waals surface area contributed by atoms with E-state index in [2.05, 4.69) is 20.5 Å². The third kappa shape index (κ3) is 2.82. The first kappa shape index (κ1) is 13.6. The third-order valence-corrected chi connectivity index (χ3v) is 4.70. The minimum absolute atomic E-state index is 0.425. The molecule has 0 saturated heterocycles. The van der Waals surface area contributed by atoms with Crippen molar-refractivity contribution >= 4 is 15.7 Å². The highest BCUT2D eigenvalue weighted by Gasteiger charge is 2.39. The van der Waals surface area contributed by atoms with Gasteiger partial charge in [0.1, 0.15) is 16.9 Å². The first-order valence-electron chi connectivity index (χ1n) is 5.02. The summed E-state index contributed by atoms with van der Waals surface area (Å²) in [4.78, 5) is 15.7. The molecule has 0 aliphatic carbocycles. The summed E-state index contributed by atoms with van der Waals surface area (Å²) in [7, 11) is -3.47. The Kier molecular flexibility index (Phi) is 3.56. The summed E-state index contributed by atoms with van der Waals surface area (Å²) in [6, 6.07) is -0.425. The van der Waals surface area contributed by atoms with Crippen molar-refractivity contribution in [3.8, 4) is 0 Å². The van der Waals surface area contributed by atoms with E-state index in [1.54, 1.807) is 6.92 Å². The van der Waals surface area contributed by atoms with Crippen molar-refractivity contribution in [3.63, 3.8) is 0 Å². The number of amides is 1. The molecule has 1 amide bonds. The molecule has 1 heterocycles. The van der Waals surface area contributed by atoms with Crippen LogP contribution in [-0.4, -0.2) is 40.5 Å². The standard InChI is InChI=1S/C9H16N4O3S/c1-6(7-10-5-11-13-7)12-8(14)9(2,3)17(4,15)16/h5-6H,1-4H3,(H,12,14)(H,10,11,13). The highest BCUT2D eigenvalue weighted by Crippen LogP contribution is 2.17. The summed E-state index contributed by atoms with van der Waals surface area (Å²) in [5, 5.41) is 8.84. The molecule has 0 radical (unpaired) electrons. The zero-order valence-electron chi connectivity index (χ0n) is 10.2. The fourth-order valence-corrected chi connectivity index (χ4v) is 1.43. The molecule has 0 aromatic carbocycles. The summed E-state index contributed by atoms with van der Waals surface area (Å²) in [5.41, 5.74) is 0. The predicted octanol–water partition coefficient (Wildman–Crippen LogP) is -0.195. The Bertz CT molecular complexity index is 492. The van der Waals surface area contributed by atoms with Gasteiger partial charge in [-0.2, -0.15) is 5.10 Å². The van der Waals surface area contributed by atoms with Crippen molar-refractivity contribution in [2.75, 3.05) is 6.26 Å². The minimum Gasteiger partial charge on any atom is -0.345 e. The largest absolute Gasteiger partial charge is 0.345 e. The highest BCUT2D eigenvalue weighted by molar-refractivity contribution is 7.92. The van der Waals surface area contributed by atoms with Crippen molar-refractivity contribution in [1.82, 2.24) is 20.5 Å². The second-order valence-electron chi connectivity index (χ2n) is 4.35. The first-order chi connectivity index (χ1) is 7.66. The number of hydrogen-bond donors (Lipinski definition) is 2. The molecule has 1 rings (SSSR count). The minimum atomic E-state index is -3.47. The van der Waals surface area contributed by atoms with Crippen LogP contribution >= 0.6 is 0 Å². The smallest absolute Gasteiger partial charge is 0.241 e.